The minimum Gasteiger partial charge on any atom is -0.488 e. The van der Waals surface area contributed by atoms with Gasteiger partial charge in [-0.05, 0) is 59.3 Å². The van der Waals surface area contributed by atoms with Gasteiger partial charge in [0.25, 0.3) is 0 Å². The van der Waals surface area contributed by atoms with E-state index in [0.717, 1.165) is 34.3 Å². The van der Waals surface area contributed by atoms with Crippen LogP contribution in [-0.4, -0.2) is 40.7 Å². The number of Topliss-reactive ketones (excluding diaryl/α,β-unsaturated/α-hetero) is 2. The molecule has 0 saturated heterocycles. The SMILES string of the molecule is C=CCOc1ccc(C2C3=C(CCCC3=O)N(CCC(=O)O)C3=C2C(=O)CCC3)cc1Br. The molecule has 0 fully saturated rings. The highest BCUT2D eigenvalue weighted by atomic mass is 79.9. The molecule has 1 aliphatic heterocycles. The topological polar surface area (TPSA) is 83.9 Å². The summed E-state index contributed by atoms with van der Waals surface area (Å²) in [7, 11) is 0. The number of ether oxygens (including phenoxy) is 1. The Kier molecular flexibility index (Phi) is 6.65. The Hall–Kier alpha value is -2.67. The van der Waals surface area contributed by atoms with Crippen molar-refractivity contribution < 1.29 is 24.2 Å². The van der Waals surface area contributed by atoms with Gasteiger partial charge in [0.1, 0.15) is 12.4 Å². The maximum Gasteiger partial charge on any atom is 0.305 e. The van der Waals surface area contributed by atoms with Crippen molar-refractivity contribution in [2.75, 3.05) is 13.2 Å². The molecule has 6 nitrogen and oxygen atoms in total. The molecule has 2 aliphatic carbocycles. The summed E-state index contributed by atoms with van der Waals surface area (Å²) in [5.74, 6) is -0.554. The lowest BCUT2D eigenvalue weighted by Crippen LogP contribution is -2.39. The molecular formula is C25H26BrNO5. The first-order chi connectivity index (χ1) is 15.4. The normalized spacial score (nSPS) is 19.1. The Balaban J connectivity index is 1.85. The van der Waals surface area contributed by atoms with E-state index in [2.05, 4.69) is 22.5 Å². The molecule has 1 N–H and O–H groups in total. The van der Waals surface area contributed by atoms with Gasteiger partial charge < -0.3 is 14.7 Å². The van der Waals surface area contributed by atoms with E-state index in [1.165, 1.54) is 0 Å². The van der Waals surface area contributed by atoms with Crippen molar-refractivity contribution in [1.29, 1.82) is 0 Å². The molecule has 0 bridgehead atoms. The second-order valence-electron chi connectivity index (χ2n) is 8.29. The zero-order chi connectivity index (χ0) is 22.8. The Labute approximate surface area is 195 Å². The van der Waals surface area contributed by atoms with Crippen molar-refractivity contribution in [3.63, 3.8) is 0 Å². The van der Waals surface area contributed by atoms with E-state index in [1.807, 2.05) is 23.1 Å². The predicted molar refractivity (Wildman–Crippen MR) is 123 cm³/mol. The number of carbonyl (C=O) groups is 3. The number of halogens is 1. The molecule has 1 heterocycles. The van der Waals surface area contributed by atoms with Crippen molar-refractivity contribution in [2.45, 2.75) is 50.9 Å². The number of hydrogen-bond acceptors (Lipinski definition) is 5. The molecule has 1 aromatic carbocycles. The van der Waals surface area contributed by atoms with Crippen LogP contribution >= 0.6 is 15.9 Å². The quantitative estimate of drug-likeness (QED) is 0.537. The third-order valence-electron chi connectivity index (χ3n) is 6.28. The van der Waals surface area contributed by atoms with Gasteiger partial charge in [0, 0.05) is 47.8 Å². The second-order valence-corrected chi connectivity index (χ2v) is 9.15. The van der Waals surface area contributed by atoms with Crippen LogP contribution in [0, 0.1) is 0 Å². The summed E-state index contributed by atoms with van der Waals surface area (Å²) in [6.07, 6.45) is 5.42. The van der Waals surface area contributed by atoms with Crippen LogP contribution in [0.4, 0.5) is 0 Å². The number of ketones is 2. The van der Waals surface area contributed by atoms with Crippen LogP contribution in [0.3, 0.4) is 0 Å². The van der Waals surface area contributed by atoms with E-state index < -0.39 is 11.9 Å². The van der Waals surface area contributed by atoms with Gasteiger partial charge in [-0.3, -0.25) is 14.4 Å². The molecule has 168 valence electrons. The summed E-state index contributed by atoms with van der Waals surface area (Å²) in [6.45, 7) is 4.32. The molecule has 0 saturated carbocycles. The fourth-order valence-electron chi connectivity index (χ4n) is 4.99. The minimum atomic E-state index is -0.889. The second kappa shape index (κ2) is 9.45. The molecule has 0 spiro atoms. The van der Waals surface area contributed by atoms with Crippen molar-refractivity contribution in [3.05, 3.63) is 63.4 Å². The molecule has 0 unspecified atom stereocenters. The van der Waals surface area contributed by atoms with Gasteiger partial charge in [0.2, 0.25) is 0 Å². The minimum absolute atomic E-state index is 0.0402. The molecule has 0 amide bonds. The van der Waals surface area contributed by atoms with Gasteiger partial charge in [0.05, 0.1) is 10.9 Å². The van der Waals surface area contributed by atoms with Crippen LogP contribution < -0.4 is 4.74 Å². The lowest BCUT2D eigenvalue weighted by atomic mass is 9.71. The van der Waals surface area contributed by atoms with Crippen LogP contribution in [0.1, 0.15) is 56.4 Å². The summed E-state index contributed by atoms with van der Waals surface area (Å²) in [4.78, 5) is 39.7. The van der Waals surface area contributed by atoms with Crippen LogP contribution in [0.15, 0.2) is 57.9 Å². The molecule has 1 aromatic rings. The fraction of sp³-hybridized carbons (Fsp3) is 0.400. The standard InChI is InChI=1S/C25H26BrNO5/c1-2-13-32-21-10-9-15(14-16(21)26)23-24-17(5-3-7-19(24)28)27(12-11-22(30)31)18-6-4-8-20(29)25(18)23/h2,9-10,14,23H,1,3-8,11-13H2,(H,30,31). The van der Waals surface area contributed by atoms with Crippen molar-refractivity contribution in [3.8, 4) is 5.75 Å². The maximum atomic E-state index is 13.2. The first kappa shape index (κ1) is 22.5. The summed E-state index contributed by atoms with van der Waals surface area (Å²) in [6, 6.07) is 5.69. The summed E-state index contributed by atoms with van der Waals surface area (Å²) in [5.41, 5.74) is 3.96. The Bertz CT molecular complexity index is 1010. The summed E-state index contributed by atoms with van der Waals surface area (Å²) >= 11 is 3.57. The van der Waals surface area contributed by atoms with Crippen LogP contribution in [0.2, 0.25) is 0 Å². The molecule has 0 radical (unpaired) electrons. The van der Waals surface area contributed by atoms with Gasteiger partial charge >= 0.3 is 5.97 Å². The van der Waals surface area contributed by atoms with E-state index in [9.17, 15) is 19.5 Å². The number of carbonyl (C=O) groups excluding carboxylic acids is 2. The number of allylic oxidation sites excluding steroid dienone is 4. The highest BCUT2D eigenvalue weighted by Gasteiger charge is 2.43. The molecule has 32 heavy (non-hydrogen) atoms. The number of rotatable bonds is 7. The molecule has 3 aliphatic rings. The van der Waals surface area contributed by atoms with Gasteiger partial charge in [0.15, 0.2) is 11.6 Å². The van der Waals surface area contributed by atoms with E-state index in [4.69, 9.17) is 4.74 Å². The summed E-state index contributed by atoms with van der Waals surface area (Å²) in [5, 5.41) is 9.27. The lowest BCUT2D eigenvalue weighted by molar-refractivity contribution is -0.137. The third-order valence-corrected chi connectivity index (χ3v) is 6.90. The average molecular weight is 500 g/mol. The van der Waals surface area contributed by atoms with Crippen molar-refractivity contribution in [2.24, 2.45) is 0 Å². The lowest BCUT2D eigenvalue weighted by Gasteiger charge is -2.44. The zero-order valence-corrected chi connectivity index (χ0v) is 19.4. The van der Waals surface area contributed by atoms with Crippen LogP contribution in [0.25, 0.3) is 0 Å². The van der Waals surface area contributed by atoms with E-state index in [0.29, 0.717) is 49.2 Å². The summed E-state index contributed by atoms with van der Waals surface area (Å²) < 4.78 is 6.42. The number of carboxylic acids is 1. The number of aliphatic carboxylic acids is 1. The molecule has 0 aromatic heterocycles. The number of benzene rings is 1. The Morgan fingerprint density at radius 3 is 2.28 bits per heavy atom. The zero-order valence-electron chi connectivity index (χ0n) is 17.9. The third kappa shape index (κ3) is 4.18. The first-order valence-corrected chi connectivity index (χ1v) is 11.8. The molecule has 7 heteroatoms. The maximum absolute atomic E-state index is 13.2. The smallest absolute Gasteiger partial charge is 0.305 e. The van der Waals surface area contributed by atoms with Gasteiger partial charge in [-0.25, -0.2) is 0 Å². The van der Waals surface area contributed by atoms with E-state index >= 15 is 0 Å². The van der Waals surface area contributed by atoms with Gasteiger partial charge in [-0.2, -0.15) is 0 Å². The van der Waals surface area contributed by atoms with Crippen LogP contribution in [0.5, 0.6) is 5.75 Å². The van der Waals surface area contributed by atoms with Gasteiger partial charge in [-0.1, -0.05) is 18.7 Å². The number of carboxylic acid groups (broad SMARTS) is 1. The van der Waals surface area contributed by atoms with Gasteiger partial charge in [-0.15, -0.1) is 0 Å². The molecular weight excluding hydrogens is 474 g/mol. The predicted octanol–water partition coefficient (Wildman–Crippen LogP) is 4.90. The number of hydrogen-bond donors (Lipinski definition) is 1. The highest BCUT2D eigenvalue weighted by Crippen LogP contribution is 2.49. The van der Waals surface area contributed by atoms with E-state index in [1.54, 1.807) is 6.08 Å². The monoisotopic (exact) mass is 499 g/mol. The fourth-order valence-corrected chi connectivity index (χ4v) is 5.50. The molecule has 4 rings (SSSR count). The Morgan fingerprint density at radius 1 is 1.12 bits per heavy atom. The highest BCUT2D eigenvalue weighted by molar-refractivity contribution is 9.10. The van der Waals surface area contributed by atoms with Crippen molar-refractivity contribution in [1.82, 2.24) is 4.90 Å². The Morgan fingerprint density at radius 2 is 1.75 bits per heavy atom. The number of nitrogens with zero attached hydrogens (tertiary/aromatic N) is 1. The van der Waals surface area contributed by atoms with Crippen molar-refractivity contribution >= 4 is 33.5 Å². The van der Waals surface area contributed by atoms with Crippen LogP contribution in [-0.2, 0) is 14.4 Å². The first-order valence-electron chi connectivity index (χ1n) is 11.0. The van der Waals surface area contributed by atoms with E-state index in [-0.39, 0.29) is 24.5 Å². The average Bonchev–Trinajstić information content (AvgIpc) is 2.76. The largest absolute Gasteiger partial charge is 0.488 e. The molecule has 0 atom stereocenters.